The Morgan fingerprint density at radius 3 is 2.50 bits per heavy atom. The van der Waals surface area contributed by atoms with E-state index in [-0.39, 0.29) is 4.90 Å². The number of nitrogens with one attached hydrogen (secondary N) is 2. The molecule has 2 aromatic heterocycles. The lowest BCUT2D eigenvalue weighted by Crippen LogP contribution is -2.29. The van der Waals surface area contributed by atoms with Crippen LogP contribution in [0.1, 0.15) is 11.4 Å². The molecule has 2 heterocycles. The third kappa shape index (κ3) is 4.35. The van der Waals surface area contributed by atoms with Crippen LogP contribution in [0.5, 0.6) is 11.5 Å². The summed E-state index contributed by atoms with van der Waals surface area (Å²) >= 11 is 0. The van der Waals surface area contributed by atoms with E-state index in [2.05, 4.69) is 20.2 Å². The fourth-order valence-corrected chi connectivity index (χ4v) is 3.10. The molecular weight excluding hydrogens is 352 g/mol. The molecule has 0 amide bonds. The largest absolute Gasteiger partial charge is 0.455 e. The molecule has 8 heteroatoms. The normalized spacial score (nSPS) is 11.2. The zero-order valence-corrected chi connectivity index (χ0v) is 15.1. The third-order valence-corrected chi connectivity index (χ3v) is 4.77. The van der Waals surface area contributed by atoms with Crippen LogP contribution in [-0.4, -0.2) is 18.4 Å². The van der Waals surface area contributed by atoms with E-state index in [1.165, 1.54) is 18.3 Å². The Morgan fingerprint density at radius 2 is 1.77 bits per heavy atom. The van der Waals surface area contributed by atoms with Gasteiger partial charge >= 0.3 is 0 Å². The van der Waals surface area contributed by atoms with Gasteiger partial charge in [-0.3, -0.25) is 10.4 Å². The van der Waals surface area contributed by atoms with Crippen LogP contribution in [0.25, 0.3) is 0 Å². The molecule has 134 valence electrons. The van der Waals surface area contributed by atoms with E-state index in [0.29, 0.717) is 17.3 Å². The highest BCUT2D eigenvalue weighted by molar-refractivity contribution is 7.89. The SMILES string of the molecule is Cc1ccc(Oc2ccnc(NNS(=O)(=O)c3ccccc3)c2)c(C)n1. The molecule has 0 atom stereocenters. The molecule has 0 aliphatic carbocycles. The van der Waals surface area contributed by atoms with Crippen molar-refractivity contribution in [2.75, 3.05) is 5.43 Å². The van der Waals surface area contributed by atoms with E-state index >= 15 is 0 Å². The first-order chi connectivity index (χ1) is 12.4. The number of benzene rings is 1. The quantitative estimate of drug-likeness (QED) is 0.647. The van der Waals surface area contributed by atoms with Crippen LogP contribution in [0.3, 0.4) is 0 Å². The lowest BCUT2D eigenvalue weighted by atomic mass is 10.3. The lowest BCUT2D eigenvalue weighted by Gasteiger charge is -2.11. The molecule has 0 spiro atoms. The number of rotatable bonds is 6. The summed E-state index contributed by atoms with van der Waals surface area (Å²) in [5.74, 6) is 1.44. The molecule has 0 aliphatic heterocycles. The molecule has 3 aromatic rings. The number of sulfonamides is 1. The lowest BCUT2D eigenvalue weighted by molar-refractivity contribution is 0.475. The van der Waals surface area contributed by atoms with Gasteiger partial charge in [-0.05, 0) is 44.2 Å². The van der Waals surface area contributed by atoms with Gasteiger partial charge in [0.25, 0.3) is 10.0 Å². The van der Waals surface area contributed by atoms with Gasteiger partial charge in [-0.2, -0.15) is 0 Å². The molecule has 0 fully saturated rings. The maximum Gasteiger partial charge on any atom is 0.257 e. The number of hydrogen-bond acceptors (Lipinski definition) is 6. The van der Waals surface area contributed by atoms with Crippen LogP contribution >= 0.6 is 0 Å². The number of aromatic nitrogens is 2. The second-order valence-corrected chi connectivity index (χ2v) is 7.24. The number of anilines is 1. The van der Waals surface area contributed by atoms with E-state index in [1.807, 2.05) is 26.0 Å². The zero-order valence-electron chi connectivity index (χ0n) is 14.3. The van der Waals surface area contributed by atoms with Crippen molar-refractivity contribution in [1.29, 1.82) is 0 Å². The van der Waals surface area contributed by atoms with Gasteiger partial charge in [-0.1, -0.05) is 18.2 Å². The summed E-state index contributed by atoms with van der Waals surface area (Å²) in [6, 6.07) is 15.0. The van der Waals surface area contributed by atoms with Crippen LogP contribution in [0.15, 0.2) is 65.7 Å². The van der Waals surface area contributed by atoms with Crippen molar-refractivity contribution in [3.63, 3.8) is 0 Å². The first-order valence-electron chi connectivity index (χ1n) is 7.85. The van der Waals surface area contributed by atoms with Crippen LogP contribution < -0.4 is 15.0 Å². The van der Waals surface area contributed by atoms with E-state index in [9.17, 15) is 8.42 Å². The first kappa shape index (κ1) is 17.8. The number of hydrazine groups is 1. The van der Waals surface area contributed by atoms with E-state index in [1.54, 1.807) is 30.3 Å². The highest BCUT2D eigenvalue weighted by atomic mass is 32.2. The van der Waals surface area contributed by atoms with Crippen LogP contribution in [-0.2, 0) is 10.0 Å². The average molecular weight is 370 g/mol. The maximum atomic E-state index is 12.2. The smallest absolute Gasteiger partial charge is 0.257 e. The summed E-state index contributed by atoms with van der Waals surface area (Å²) < 4.78 is 30.2. The van der Waals surface area contributed by atoms with Gasteiger partial charge < -0.3 is 4.74 Å². The Labute approximate surface area is 152 Å². The van der Waals surface area contributed by atoms with E-state index < -0.39 is 10.0 Å². The molecular formula is C18H18N4O3S. The van der Waals surface area contributed by atoms with Gasteiger partial charge in [0.1, 0.15) is 17.3 Å². The standard InChI is InChI=1S/C18H18N4O3S/c1-13-8-9-17(14(2)20-13)25-15-10-11-19-18(12-15)21-22-26(23,24)16-6-4-3-5-7-16/h3-12,22H,1-2H3,(H,19,21). The highest BCUT2D eigenvalue weighted by Crippen LogP contribution is 2.25. The van der Waals surface area contributed by atoms with Crippen molar-refractivity contribution < 1.29 is 13.2 Å². The molecule has 0 unspecified atom stereocenters. The van der Waals surface area contributed by atoms with Crippen LogP contribution in [0.2, 0.25) is 0 Å². The van der Waals surface area contributed by atoms with Gasteiger partial charge in [0.15, 0.2) is 0 Å². The molecule has 2 N–H and O–H groups in total. The minimum absolute atomic E-state index is 0.154. The van der Waals surface area contributed by atoms with Crippen molar-refractivity contribution in [3.8, 4) is 11.5 Å². The zero-order chi connectivity index (χ0) is 18.6. The van der Waals surface area contributed by atoms with Gasteiger partial charge in [-0.15, -0.1) is 4.83 Å². The van der Waals surface area contributed by atoms with Crippen LogP contribution in [0.4, 0.5) is 5.82 Å². The molecule has 0 bridgehead atoms. The predicted octanol–water partition coefficient (Wildman–Crippen LogP) is 3.19. The van der Waals surface area contributed by atoms with Crippen molar-refractivity contribution >= 4 is 15.8 Å². The monoisotopic (exact) mass is 370 g/mol. The molecule has 7 nitrogen and oxygen atoms in total. The fraction of sp³-hybridized carbons (Fsp3) is 0.111. The summed E-state index contributed by atoms with van der Waals surface area (Å²) in [6.07, 6.45) is 1.52. The summed E-state index contributed by atoms with van der Waals surface area (Å²) in [5.41, 5.74) is 4.26. The minimum atomic E-state index is -3.69. The molecule has 0 saturated heterocycles. The number of hydrogen-bond donors (Lipinski definition) is 2. The summed E-state index contributed by atoms with van der Waals surface area (Å²) in [4.78, 5) is 10.9. The molecule has 0 radical (unpaired) electrons. The molecule has 0 saturated carbocycles. The first-order valence-corrected chi connectivity index (χ1v) is 9.33. The number of nitrogens with zero attached hydrogens (tertiary/aromatic N) is 2. The summed E-state index contributed by atoms with van der Waals surface area (Å²) in [5, 5.41) is 0. The molecule has 3 rings (SSSR count). The Bertz CT molecular complexity index is 1010. The Morgan fingerprint density at radius 1 is 1.00 bits per heavy atom. The Hall–Kier alpha value is -2.97. The second kappa shape index (κ2) is 7.51. The van der Waals surface area contributed by atoms with E-state index in [4.69, 9.17) is 4.74 Å². The summed E-state index contributed by atoms with van der Waals surface area (Å²) in [7, 11) is -3.69. The third-order valence-electron chi connectivity index (χ3n) is 3.50. The van der Waals surface area contributed by atoms with Crippen molar-refractivity contribution in [1.82, 2.24) is 14.8 Å². The average Bonchev–Trinajstić information content (AvgIpc) is 2.64. The Balaban J connectivity index is 1.71. The van der Waals surface area contributed by atoms with Gasteiger partial charge in [0.05, 0.1) is 10.6 Å². The topological polar surface area (TPSA) is 93.2 Å². The number of ether oxygens (including phenoxy) is 1. The molecule has 0 aliphatic rings. The van der Waals surface area contributed by atoms with Gasteiger partial charge in [-0.25, -0.2) is 13.4 Å². The fourth-order valence-electron chi connectivity index (χ4n) is 2.23. The van der Waals surface area contributed by atoms with Crippen molar-refractivity contribution in [2.24, 2.45) is 0 Å². The predicted molar refractivity (Wildman–Crippen MR) is 98.4 cm³/mol. The number of aryl methyl sites for hydroxylation is 2. The Kier molecular flexibility index (Phi) is 5.15. The maximum absolute atomic E-state index is 12.2. The summed E-state index contributed by atoms with van der Waals surface area (Å²) in [6.45, 7) is 3.76. The highest BCUT2D eigenvalue weighted by Gasteiger charge is 2.13. The van der Waals surface area contributed by atoms with Crippen molar-refractivity contribution in [2.45, 2.75) is 18.7 Å². The molecule has 26 heavy (non-hydrogen) atoms. The van der Waals surface area contributed by atoms with E-state index in [0.717, 1.165) is 11.4 Å². The minimum Gasteiger partial charge on any atom is -0.455 e. The second-order valence-electron chi connectivity index (χ2n) is 5.56. The van der Waals surface area contributed by atoms with Gasteiger partial charge in [0, 0.05) is 18.0 Å². The van der Waals surface area contributed by atoms with Crippen molar-refractivity contribution in [3.05, 3.63) is 72.2 Å². The molecule has 1 aromatic carbocycles. The van der Waals surface area contributed by atoms with Crippen LogP contribution in [0, 0.1) is 13.8 Å². The van der Waals surface area contributed by atoms with Gasteiger partial charge in [0.2, 0.25) is 0 Å². The number of pyridine rings is 2.